The van der Waals surface area contributed by atoms with Crippen molar-refractivity contribution in [2.75, 3.05) is 13.2 Å². The predicted molar refractivity (Wildman–Crippen MR) is 63.4 cm³/mol. The molecule has 0 aromatic carbocycles. The van der Waals surface area contributed by atoms with Crippen molar-refractivity contribution in [3.05, 3.63) is 0 Å². The van der Waals surface area contributed by atoms with Crippen LogP contribution in [0, 0.1) is 5.92 Å². The molecule has 90 valence electrons. The number of rotatable bonds is 7. The Bertz CT molecular complexity index is 147. The highest BCUT2D eigenvalue weighted by Gasteiger charge is 2.15. The highest BCUT2D eigenvalue weighted by atomic mass is 16.5. The van der Waals surface area contributed by atoms with Crippen molar-refractivity contribution in [2.45, 2.75) is 57.9 Å². The summed E-state index contributed by atoms with van der Waals surface area (Å²) >= 11 is 0. The molecule has 1 fully saturated rings. The molecule has 0 aromatic rings. The molecular formula is C12H26N2O. The topological polar surface area (TPSA) is 47.3 Å². The zero-order valence-electron chi connectivity index (χ0n) is 10.0. The first-order valence-electron chi connectivity index (χ1n) is 6.40. The van der Waals surface area contributed by atoms with Crippen LogP contribution in [0.1, 0.15) is 51.9 Å². The van der Waals surface area contributed by atoms with Crippen LogP contribution in [0.3, 0.4) is 0 Å². The van der Waals surface area contributed by atoms with Gasteiger partial charge in [0.25, 0.3) is 0 Å². The van der Waals surface area contributed by atoms with Crippen LogP contribution in [0.15, 0.2) is 0 Å². The second kappa shape index (κ2) is 8.08. The van der Waals surface area contributed by atoms with E-state index in [0.717, 1.165) is 25.6 Å². The summed E-state index contributed by atoms with van der Waals surface area (Å²) in [6.45, 7) is 3.55. The van der Waals surface area contributed by atoms with E-state index in [0.29, 0.717) is 6.04 Å². The molecule has 3 heteroatoms. The van der Waals surface area contributed by atoms with Crippen molar-refractivity contribution in [1.82, 2.24) is 5.43 Å². The summed E-state index contributed by atoms with van der Waals surface area (Å²) in [4.78, 5) is 0. The zero-order chi connectivity index (χ0) is 10.9. The molecule has 0 radical (unpaired) electrons. The summed E-state index contributed by atoms with van der Waals surface area (Å²) in [5, 5.41) is 0. The normalized spacial score (nSPS) is 20.4. The van der Waals surface area contributed by atoms with E-state index in [2.05, 4.69) is 5.43 Å². The van der Waals surface area contributed by atoms with Gasteiger partial charge in [0.05, 0.1) is 6.61 Å². The van der Waals surface area contributed by atoms with Crippen molar-refractivity contribution in [2.24, 2.45) is 11.8 Å². The Hall–Kier alpha value is -0.120. The Kier molecular flexibility index (Phi) is 6.98. The average molecular weight is 214 g/mol. The van der Waals surface area contributed by atoms with Crippen molar-refractivity contribution in [3.63, 3.8) is 0 Å². The molecule has 0 amide bonds. The van der Waals surface area contributed by atoms with E-state index in [1.807, 2.05) is 6.92 Å². The highest BCUT2D eigenvalue weighted by Crippen LogP contribution is 2.27. The van der Waals surface area contributed by atoms with Gasteiger partial charge in [-0.15, -0.1) is 0 Å². The first-order chi connectivity index (χ1) is 7.36. The number of hydrogen-bond acceptors (Lipinski definition) is 3. The second-order valence-electron chi connectivity index (χ2n) is 4.60. The fourth-order valence-corrected chi connectivity index (χ4v) is 2.39. The minimum Gasteiger partial charge on any atom is -0.380 e. The predicted octanol–water partition coefficient (Wildman–Crippen LogP) is 2.22. The SMILES string of the molecule is CCOCC(CCC1CCCCC1)NN. The molecule has 3 nitrogen and oxygen atoms in total. The smallest absolute Gasteiger partial charge is 0.0632 e. The summed E-state index contributed by atoms with van der Waals surface area (Å²) in [5.74, 6) is 6.44. The molecule has 0 saturated heterocycles. The molecule has 3 N–H and O–H groups in total. The van der Waals surface area contributed by atoms with E-state index < -0.39 is 0 Å². The van der Waals surface area contributed by atoms with Crippen molar-refractivity contribution in [1.29, 1.82) is 0 Å². The van der Waals surface area contributed by atoms with Gasteiger partial charge in [0.1, 0.15) is 0 Å². The van der Waals surface area contributed by atoms with E-state index in [-0.39, 0.29) is 0 Å². The maximum atomic E-state index is 5.50. The van der Waals surface area contributed by atoms with E-state index >= 15 is 0 Å². The fraction of sp³-hybridized carbons (Fsp3) is 1.00. The first-order valence-corrected chi connectivity index (χ1v) is 6.40. The quantitative estimate of drug-likeness (QED) is 0.504. The Balaban J connectivity index is 2.09. The van der Waals surface area contributed by atoms with Crippen LogP contribution in [0.5, 0.6) is 0 Å². The fourth-order valence-electron chi connectivity index (χ4n) is 2.39. The number of nitrogens with two attached hydrogens (primary N) is 1. The van der Waals surface area contributed by atoms with Crippen molar-refractivity contribution >= 4 is 0 Å². The Morgan fingerprint density at radius 2 is 2.07 bits per heavy atom. The lowest BCUT2D eigenvalue weighted by Gasteiger charge is -2.23. The molecule has 1 rings (SSSR count). The Labute approximate surface area is 93.7 Å². The van der Waals surface area contributed by atoms with Gasteiger partial charge in [0.2, 0.25) is 0 Å². The van der Waals surface area contributed by atoms with Crippen LogP contribution in [0.4, 0.5) is 0 Å². The minimum atomic E-state index is 0.340. The van der Waals surface area contributed by atoms with Gasteiger partial charge in [-0.2, -0.15) is 0 Å². The lowest BCUT2D eigenvalue weighted by atomic mass is 9.85. The van der Waals surface area contributed by atoms with E-state index in [1.54, 1.807) is 0 Å². The number of hydrogen-bond donors (Lipinski definition) is 2. The zero-order valence-corrected chi connectivity index (χ0v) is 10.0. The third-order valence-corrected chi connectivity index (χ3v) is 3.41. The standard InChI is InChI=1S/C12H26N2O/c1-2-15-10-12(14-13)9-8-11-6-4-3-5-7-11/h11-12,14H,2-10,13H2,1H3. The molecule has 0 bridgehead atoms. The van der Waals surface area contributed by atoms with E-state index in [1.165, 1.54) is 38.5 Å². The molecule has 0 aliphatic heterocycles. The minimum absolute atomic E-state index is 0.340. The van der Waals surface area contributed by atoms with Gasteiger partial charge in [-0.05, 0) is 25.7 Å². The maximum Gasteiger partial charge on any atom is 0.0632 e. The van der Waals surface area contributed by atoms with Crippen LogP contribution in [-0.2, 0) is 4.74 Å². The van der Waals surface area contributed by atoms with Crippen LogP contribution in [0.2, 0.25) is 0 Å². The summed E-state index contributed by atoms with van der Waals surface area (Å²) in [6, 6.07) is 0.340. The molecule has 1 aliphatic carbocycles. The van der Waals surface area contributed by atoms with Gasteiger partial charge < -0.3 is 4.74 Å². The van der Waals surface area contributed by atoms with Gasteiger partial charge in [-0.1, -0.05) is 32.1 Å². The Morgan fingerprint density at radius 1 is 1.33 bits per heavy atom. The average Bonchev–Trinajstić information content (AvgIpc) is 2.31. The van der Waals surface area contributed by atoms with Gasteiger partial charge in [-0.3, -0.25) is 11.3 Å². The number of hydrazine groups is 1. The van der Waals surface area contributed by atoms with Gasteiger partial charge in [0.15, 0.2) is 0 Å². The largest absolute Gasteiger partial charge is 0.380 e. The molecule has 1 aliphatic rings. The molecule has 1 saturated carbocycles. The third-order valence-electron chi connectivity index (χ3n) is 3.41. The van der Waals surface area contributed by atoms with Crippen LogP contribution >= 0.6 is 0 Å². The van der Waals surface area contributed by atoms with Crippen LogP contribution in [-0.4, -0.2) is 19.3 Å². The molecule has 1 atom stereocenters. The summed E-state index contributed by atoms with van der Waals surface area (Å²) in [7, 11) is 0. The lowest BCUT2D eigenvalue weighted by Crippen LogP contribution is -2.39. The summed E-state index contributed by atoms with van der Waals surface area (Å²) in [5.41, 5.74) is 2.85. The summed E-state index contributed by atoms with van der Waals surface area (Å²) < 4.78 is 5.38. The molecule has 0 aromatic heterocycles. The van der Waals surface area contributed by atoms with Crippen molar-refractivity contribution < 1.29 is 4.74 Å². The number of ether oxygens (including phenoxy) is 1. The highest BCUT2D eigenvalue weighted by molar-refractivity contribution is 4.70. The third kappa shape index (κ3) is 5.50. The first kappa shape index (κ1) is 12.9. The lowest BCUT2D eigenvalue weighted by molar-refractivity contribution is 0.116. The van der Waals surface area contributed by atoms with Gasteiger partial charge in [-0.25, -0.2) is 0 Å². The Morgan fingerprint density at radius 3 is 2.67 bits per heavy atom. The van der Waals surface area contributed by atoms with Gasteiger partial charge in [0, 0.05) is 12.6 Å². The van der Waals surface area contributed by atoms with Crippen LogP contribution in [0.25, 0.3) is 0 Å². The van der Waals surface area contributed by atoms with E-state index in [9.17, 15) is 0 Å². The van der Waals surface area contributed by atoms with Gasteiger partial charge >= 0.3 is 0 Å². The number of nitrogens with one attached hydrogen (secondary N) is 1. The molecule has 0 spiro atoms. The summed E-state index contributed by atoms with van der Waals surface area (Å²) in [6.07, 6.45) is 9.60. The molecular weight excluding hydrogens is 188 g/mol. The van der Waals surface area contributed by atoms with Crippen molar-refractivity contribution in [3.8, 4) is 0 Å². The molecule has 0 heterocycles. The van der Waals surface area contributed by atoms with Crippen LogP contribution < -0.4 is 11.3 Å². The second-order valence-corrected chi connectivity index (χ2v) is 4.60. The van der Waals surface area contributed by atoms with E-state index in [4.69, 9.17) is 10.6 Å². The molecule has 1 unspecified atom stereocenters. The maximum absolute atomic E-state index is 5.50. The monoisotopic (exact) mass is 214 g/mol. The molecule has 15 heavy (non-hydrogen) atoms.